The summed E-state index contributed by atoms with van der Waals surface area (Å²) in [5, 5.41) is 0.756. The molecule has 1 aliphatic rings. The second kappa shape index (κ2) is 5.36. The van der Waals surface area contributed by atoms with Gasteiger partial charge in [0, 0.05) is 10.7 Å². The summed E-state index contributed by atoms with van der Waals surface area (Å²) in [7, 11) is 0. The van der Waals surface area contributed by atoms with Gasteiger partial charge in [-0.3, -0.25) is 4.90 Å². The van der Waals surface area contributed by atoms with E-state index in [1.165, 1.54) is 0 Å². The van der Waals surface area contributed by atoms with Crippen molar-refractivity contribution in [2.24, 2.45) is 0 Å². The van der Waals surface area contributed by atoms with Gasteiger partial charge in [0.1, 0.15) is 4.32 Å². The van der Waals surface area contributed by atoms with E-state index in [2.05, 4.69) is 16.7 Å². The molecule has 0 amide bonds. The fourth-order valence-corrected chi connectivity index (χ4v) is 2.85. The zero-order valence-corrected chi connectivity index (χ0v) is 11.4. The molecule has 0 radical (unpaired) electrons. The molecule has 2 nitrogen and oxygen atoms in total. The molecule has 1 aromatic rings. The molecule has 0 spiro atoms. The Morgan fingerprint density at radius 3 is 2.69 bits per heavy atom. The molecule has 0 atom stereocenters. The molecule has 86 valence electrons. The lowest BCUT2D eigenvalue weighted by Crippen LogP contribution is -2.44. The summed E-state index contributed by atoms with van der Waals surface area (Å²) in [6, 6.07) is 7.81. The minimum absolute atomic E-state index is 0.756. The van der Waals surface area contributed by atoms with Gasteiger partial charge in [0.05, 0.1) is 12.5 Å². The van der Waals surface area contributed by atoms with Crippen molar-refractivity contribution in [1.29, 1.82) is 0 Å². The average Bonchev–Trinajstić information content (AvgIpc) is 2.31. The van der Waals surface area contributed by atoms with Gasteiger partial charge in [-0.25, -0.2) is 0 Å². The summed E-state index contributed by atoms with van der Waals surface area (Å²) in [6.07, 6.45) is 0. The number of hydrogen-bond donors (Lipinski definition) is 0. The number of halogens is 1. The third kappa shape index (κ3) is 2.69. The van der Waals surface area contributed by atoms with Gasteiger partial charge in [0.2, 0.25) is 0 Å². The molecule has 1 saturated heterocycles. The van der Waals surface area contributed by atoms with E-state index in [0.29, 0.717) is 0 Å². The van der Waals surface area contributed by atoms with Crippen LogP contribution in [-0.2, 0) is 0 Å². The standard InChI is InChI=1S/C11H13ClN2S2/c1-2-13-7-14(11(15)16-8-13)10-5-3-9(12)4-6-10/h3-6H,2,7-8H2,1H3. The van der Waals surface area contributed by atoms with Gasteiger partial charge in [-0.1, -0.05) is 42.5 Å². The molecule has 0 aliphatic carbocycles. The molecule has 1 aromatic carbocycles. The predicted molar refractivity (Wildman–Crippen MR) is 76.2 cm³/mol. The molecule has 0 bridgehead atoms. The second-order valence-electron chi connectivity index (χ2n) is 3.57. The first kappa shape index (κ1) is 12.2. The topological polar surface area (TPSA) is 6.48 Å². The van der Waals surface area contributed by atoms with Gasteiger partial charge in [0.25, 0.3) is 0 Å². The quantitative estimate of drug-likeness (QED) is 0.761. The summed E-state index contributed by atoms with van der Waals surface area (Å²) in [4.78, 5) is 4.48. The van der Waals surface area contributed by atoms with E-state index in [1.54, 1.807) is 11.8 Å². The van der Waals surface area contributed by atoms with E-state index in [0.717, 1.165) is 34.1 Å². The van der Waals surface area contributed by atoms with Crippen molar-refractivity contribution in [3.8, 4) is 0 Å². The molecule has 0 aromatic heterocycles. The largest absolute Gasteiger partial charge is 0.314 e. The van der Waals surface area contributed by atoms with E-state index < -0.39 is 0 Å². The van der Waals surface area contributed by atoms with Crippen LogP contribution in [0.25, 0.3) is 0 Å². The molecule has 0 N–H and O–H groups in total. The van der Waals surface area contributed by atoms with Gasteiger partial charge in [-0.05, 0) is 30.8 Å². The molecule has 0 unspecified atom stereocenters. The van der Waals surface area contributed by atoms with E-state index in [9.17, 15) is 0 Å². The van der Waals surface area contributed by atoms with Crippen molar-refractivity contribution >= 4 is 45.6 Å². The lowest BCUT2D eigenvalue weighted by atomic mass is 10.3. The number of hydrogen-bond acceptors (Lipinski definition) is 3. The predicted octanol–water partition coefficient (Wildman–Crippen LogP) is 3.42. The third-order valence-electron chi connectivity index (χ3n) is 2.52. The van der Waals surface area contributed by atoms with Gasteiger partial charge in [-0.2, -0.15) is 0 Å². The lowest BCUT2D eigenvalue weighted by molar-refractivity contribution is 0.347. The molecule has 0 saturated carbocycles. The molecule has 1 aliphatic heterocycles. The normalized spacial score (nSPS) is 17.9. The van der Waals surface area contributed by atoms with E-state index in [1.807, 2.05) is 24.3 Å². The zero-order valence-electron chi connectivity index (χ0n) is 9.02. The Kier molecular flexibility index (Phi) is 4.08. The fourth-order valence-electron chi connectivity index (χ4n) is 1.52. The summed E-state index contributed by atoms with van der Waals surface area (Å²) in [6.45, 7) is 4.07. The van der Waals surface area contributed by atoms with Gasteiger partial charge < -0.3 is 4.90 Å². The highest BCUT2D eigenvalue weighted by Crippen LogP contribution is 2.26. The summed E-state index contributed by atoms with van der Waals surface area (Å²) in [5.41, 5.74) is 1.11. The molecule has 1 fully saturated rings. The summed E-state index contributed by atoms with van der Waals surface area (Å²) < 4.78 is 0.937. The van der Waals surface area contributed by atoms with Crippen LogP contribution < -0.4 is 4.90 Å². The molecule has 16 heavy (non-hydrogen) atoms. The number of anilines is 1. The van der Waals surface area contributed by atoms with Crippen LogP contribution >= 0.6 is 35.6 Å². The number of thiocarbonyl (C=S) groups is 1. The Balaban J connectivity index is 2.17. The van der Waals surface area contributed by atoms with E-state index >= 15 is 0 Å². The van der Waals surface area contributed by atoms with Crippen molar-refractivity contribution in [2.45, 2.75) is 6.92 Å². The monoisotopic (exact) mass is 272 g/mol. The Morgan fingerprint density at radius 2 is 2.06 bits per heavy atom. The molecular formula is C11H13ClN2S2. The third-order valence-corrected chi connectivity index (χ3v) is 4.31. The van der Waals surface area contributed by atoms with Crippen LogP contribution in [-0.4, -0.2) is 28.3 Å². The van der Waals surface area contributed by atoms with E-state index in [-0.39, 0.29) is 0 Å². The molecular weight excluding hydrogens is 260 g/mol. The SMILES string of the molecule is CCN1CSC(=S)N(c2ccc(Cl)cc2)C1. The van der Waals surface area contributed by atoms with Crippen LogP contribution in [0.4, 0.5) is 5.69 Å². The number of rotatable bonds is 2. The highest BCUT2D eigenvalue weighted by Gasteiger charge is 2.21. The maximum atomic E-state index is 5.88. The summed E-state index contributed by atoms with van der Waals surface area (Å²) >= 11 is 13.0. The van der Waals surface area contributed by atoms with Gasteiger partial charge in [0.15, 0.2) is 0 Å². The van der Waals surface area contributed by atoms with Crippen LogP contribution in [0.5, 0.6) is 0 Å². The Labute approximate surface area is 111 Å². The minimum atomic E-state index is 0.756. The Hall–Kier alpha value is -0.290. The van der Waals surface area contributed by atoms with Crippen molar-refractivity contribution in [2.75, 3.05) is 24.0 Å². The van der Waals surface area contributed by atoms with Crippen molar-refractivity contribution in [1.82, 2.24) is 4.90 Å². The first-order chi connectivity index (χ1) is 7.70. The maximum Gasteiger partial charge on any atom is 0.143 e. The Morgan fingerprint density at radius 1 is 1.38 bits per heavy atom. The summed E-state index contributed by atoms with van der Waals surface area (Å²) in [5.74, 6) is 0.986. The first-order valence-corrected chi connectivity index (χ1v) is 6.90. The minimum Gasteiger partial charge on any atom is -0.314 e. The van der Waals surface area contributed by atoms with Crippen molar-refractivity contribution in [3.63, 3.8) is 0 Å². The van der Waals surface area contributed by atoms with Crippen LogP contribution in [0.3, 0.4) is 0 Å². The fraction of sp³-hybridized carbons (Fsp3) is 0.364. The van der Waals surface area contributed by atoms with Crippen LogP contribution in [0, 0.1) is 0 Å². The second-order valence-corrected chi connectivity index (χ2v) is 5.59. The van der Waals surface area contributed by atoms with Crippen LogP contribution in [0.15, 0.2) is 24.3 Å². The first-order valence-electron chi connectivity index (χ1n) is 5.13. The zero-order chi connectivity index (χ0) is 11.5. The van der Waals surface area contributed by atoms with Crippen molar-refractivity contribution in [3.05, 3.63) is 29.3 Å². The lowest BCUT2D eigenvalue weighted by Gasteiger charge is -2.36. The van der Waals surface area contributed by atoms with Crippen LogP contribution in [0.2, 0.25) is 5.02 Å². The number of nitrogens with zero attached hydrogens (tertiary/aromatic N) is 2. The molecule has 1 heterocycles. The Bertz CT molecular complexity index is 380. The van der Waals surface area contributed by atoms with Crippen molar-refractivity contribution < 1.29 is 0 Å². The highest BCUT2D eigenvalue weighted by atomic mass is 35.5. The van der Waals surface area contributed by atoms with E-state index in [4.69, 9.17) is 23.8 Å². The van der Waals surface area contributed by atoms with Gasteiger partial charge >= 0.3 is 0 Å². The number of thioether (sulfide) groups is 1. The smallest absolute Gasteiger partial charge is 0.143 e. The molecule has 5 heteroatoms. The molecule has 2 rings (SSSR count). The maximum absolute atomic E-state index is 5.88. The van der Waals surface area contributed by atoms with Crippen LogP contribution in [0.1, 0.15) is 6.92 Å². The van der Waals surface area contributed by atoms with Gasteiger partial charge in [-0.15, -0.1) is 0 Å². The highest BCUT2D eigenvalue weighted by molar-refractivity contribution is 8.23. The number of benzene rings is 1. The average molecular weight is 273 g/mol.